The highest BCUT2D eigenvalue weighted by Gasteiger charge is 2.02. The topological polar surface area (TPSA) is 58.5 Å². The van der Waals surface area contributed by atoms with Gasteiger partial charge in [0.25, 0.3) is 0 Å². The largest absolute Gasteiger partial charge is 0.385 e. The van der Waals surface area contributed by atoms with Crippen molar-refractivity contribution in [3.8, 4) is 0 Å². The average Bonchev–Trinajstić information content (AvgIpc) is 2.94. The third-order valence-corrected chi connectivity index (χ3v) is 4.04. The summed E-state index contributed by atoms with van der Waals surface area (Å²) in [6.45, 7) is 4.65. The van der Waals surface area contributed by atoms with E-state index in [0.717, 1.165) is 49.9 Å². The highest BCUT2D eigenvalue weighted by atomic mass is 127. The summed E-state index contributed by atoms with van der Waals surface area (Å²) in [5.74, 6) is 0.838. The van der Waals surface area contributed by atoms with Crippen LogP contribution < -0.4 is 10.6 Å². The number of halogens is 1. The van der Waals surface area contributed by atoms with Crippen molar-refractivity contribution in [3.05, 3.63) is 16.1 Å². The van der Waals surface area contributed by atoms with Crippen molar-refractivity contribution in [2.24, 2.45) is 4.99 Å². The zero-order valence-electron chi connectivity index (χ0n) is 13.1. The molecular weight excluding hydrogens is 399 g/mol. The minimum absolute atomic E-state index is 0. The molecule has 0 radical (unpaired) electrons. The van der Waals surface area contributed by atoms with Gasteiger partial charge in [0, 0.05) is 38.4 Å². The molecule has 2 N–H and O–H groups in total. The highest BCUT2D eigenvalue weighted by molar-refractivity contribution is 14.0. The van der Waals surface area contributed by atoms with Gasteiger partial charge in [-0.15, -0.1) is 35.3 Å². The minimum atomic E-state index is 0. The fourth-order valence-electron chi connectivity index (χ4n) is 1.73. The van der Waals surface area contributed by atoms with E-state index in [1.165, 1.54) is 11.3 Å². The molecule has 21 heavy (non-hydrogen) atoms. The Hall–Kier alpha value is -0.410. The molecule has 1 heterocycles. The van der Waals surface area contributed by atoms with Gasteiger partial charge in [-0.2, -0.15) is 0 Å². The number of aryl methyl sites for hydroxylation is 1. The fraction of sp³-hybridized carbons (Fsp3) is 0.714. The lowest BCUT2D eigenvalue weighted by Gasteiger charge is -2.10. The van der Waals surface area contributed by atoms with Crippen molar-refractivity contribution in [1.82, 2.24) is 15.6 Å². The summed E-state index contributed by atoms with van der Waals surface area (Å²) in [5, 5.41) is 7.70. The Balaban J connectivity index is 0.00000400. The lowest BCUT2D eigenvalue weighted by Crippen LogP contribution is -2.37. The number of nitrogens with one attached hydrogen (secondary N) is 2. The standard InChI is InChI=1S/C14H26N4OS.HI/c1-4-12-10-17-13(20-12)11-18-14(15-2)16-8-6-5-7-9-19-3;/h10H,4-9,11H2,1-3H3,(H2,15,16,18);1H. The number of methoxy groups -OCH3 is 1. The summed E-state index contributed by atoms with van der Waals surface area (Å²) in [6.07, 6.45) is 6.41. The van der Waals surface area contributed by atoms with E-state index in [9.17, 15) is 0 Å². The van der Waals surface area contributed by atoms with Crippen LogP contribution in [0.2, 0.25) is 0 Å². The molecule has 0 saturated heterocycles. The smallest absolute Gasteiger partial charge is 0.191 e. The van der Waals surface area contributed by atoms with Crippen LogP contribution in [-0.4, -0.2) is 38.3 Å². The lowest BCUT2D eigenvalue weighted by molar-refractivity contribution is 0.192. The number of unbranched alkanes of at least 4 members (excludes halogenated alkanes) is 2. The molecular formula is C14H27IN4OS. The molecule has 1 aromatic rings. The Bertz CT molecular complexity index is 398. The zero-order chi connectivity index (χ0) is 14.6. The predicted molar refractivity (Wildman–Crippen MR) is 101 cm³/mol. The maximum Gasteiger partial charge on any atom is 0.191 e. The molecule has 0 unspecified atom stereocenters. The lowest BCUT2D eigenvalue weighted by atomic mass is 10.2. The van der Waals surface area contributed by atoms with Gasteiger partial charge in [-0.1, -0.05) is 6.92 Å². The Kier molecular flexibility index (Phi) is 13.0. The van der Waals surface area contributed by atoms with E-state index in [4.69, 9.17) is 4.74 Å². The van der Waals surface area contributed by atoms with Crippen molar-refractivity contribution in [1.29, 1.82) is 0 Å². The summed E-state index contributed by atoms with van der Waals surface area (Å²) in [4.78, 5) is 9.92. The van der Waals surface area contributed by atoms with E-state index in [-0.39, 0.29) is 24.0 Å². The van der Waals surface area contributed by atoms with Gasteiger partial charge in [0.2, 0.25) is 0 Å². The number of hydrogen-bond acceptors (Lipinski definition) is 4. The molecule has 0 aliphatic carbocycles. The maximum atomic E-state index is 5.03. The van der Waals surface area contributed by atoms with Crippen LogP contribution in [0.5, 0.6) is 0 Å². The normalized spacial score (nSPS) is 11.1. The minimum Gasteiger partial charge on any atom is -0.385 e. The van der Waals surface area contributed by atoms with Crippen LogP contribution >= 0.6 is 35.3 Å². The van der Waals surface area contributed by atoms with Crippen LogP contribution in [0.15, 0.2) is 11.2 Å². The van der Waals surface area contributed by atoms with Crippen molar-refractivity contribution >= 4 is 41.3 Å². The molecule has 0 aliphatic heterocycles. The van der Waals surface area contributed by atoms with E-state index in [1.54, 1.807) is 25.5 Å². The molecule has 0 aliphatic rings. The summed E-state index contributed by atoms with van der Waals surface area (Å²) in [5.41, 5.74) is 0. The van der Waals surface area contributed by atoms with Gasteiger partial charge < -0.3 is 15.4 Å². The number of aliphatic imine (C=N–C) groups is 1. The first-order chi connectivity index (χ1) is 9.80. The number of nitrogens with zero attached hydrogens (tertiary/aromatic N) is 2. The molecule has 0 spiro atoms. The number of ether oxygens (including phenoxy) is 1. The Morgan fingerprint density at radius 1 is 1.33 bits per heavy atom. The van der Waals surface area contributed by atoms with Gasteiger partial charge in [-0.25, -0.2) is 4.98 Å². The quantitative estimate of drug-likeness (QED) is 0.276. The Labute approximate surface area is 149 Å². The van der Waals surface area contributed by atoms with Gasteiger partial charge in [-0.05, 0) is 25.7 Å². The van der Waals surface area contributed by atoms with Gasteiger partial charge in [0.1, 0.15) is 5.01 Å². The zero-order valence-corrected chi connectivity index (χ0v) is 16.3. The van der Waals surface area contributed by atoms with E-state index < -0.39 is 0 Å². The van der Waals surface area contributed by atoms with Gasteiger partial charge in [0.05, 0.1) is 6.54 Å². The molecule has 1 aromatic heterocycles. The van der Waals surface area contributed by atoms with Crippen LogP contribution in [0.4, 0.5) is 0 Å². The molecule has 5 nitrogen and oxygen atoms in total. The van der Waals surface area contributed by atoms with Crippen molar-refractivity contribution < 1.29 is 4.74 Å². The highest BCUT2D eigenvalue weighted by Crippen LogP contribution is 2.12. The first-order valence-electron chi connectivity index (χ1n) is 7.17. The van der Waals surface area contributed by atoms with Crippen molar-refractivity contribution in [2.75, 3.05) is 27.3 Å². The molecule has 1 rings (SSSR count). The molecule has 7 heteroatoms. The predicted octanol–water partition coefficient (Wildman–Crippen LogP) is 2.81. The third kappa shape index (κ3) is 9.26. The van der Waals surface area contributed by atoms with Crippen molar-refractivity contribution in [3.63, 3.8) is 0 Å². The third-order valence-electron chi connectivity index (χ3n) is 2.90. The van der Waals surface area contributed by atoms with Gasteiger partial charge in [-0.3, -0.25) is 4.99 Å². The fourth-order valence-corrected chi connectivity index (χ4v) is 2.53. The van der Waals surface area contributed by atoms with Crippen LogP contribution in [0.1, 0.15) is 36.1 Å². The maximum absolute atomic E-state index is 5.03. The monoisotopic (exact) mass is 426 g/mol. The Morgan fingerprint density at radius 3 is 2.76 bits per heavy atom. The summed E-state index contributed by atoms with van der Waals surface area (Å²) in [6, 6.07) is 0. The van der Waals surface area contributed by atoms with E-state index in [2.05, 4.69) is 27.5 Å². The first kappa shape index (κ1) is 20.6. The van der Waals surface area contributed by atoms with Crippen molar-refractivity contribution in [2.45, 2.75) is 39.2 Å². The number of rotatable bonds is 9. The van der Waals surface area contributed by atoms with Crippen LogP contribution in [-0.2, 0) is 17.7 Å². The Morgan fingerprint density at radius 2 is 2.14 bits per heavy atom. The van der Waals surface area contributed by atoms with Gasteiger partial charge >= 0.3 is 0 Å². The second-order valence-corrected chi connectivity index (χ2v) is 5.68. The van der Waals surface area contributed by atoms with E-state index >= 15 is 0 Å². The molecule has 0 bridgehead atoms. The SMILES string of the molecule is CCc1cnc(CNC(=NC)NCCCCCOC)s1.I. The van der Waals surface area contributed by atoms with Crippen LogP contribution in [0, 0.1) is 0 Å². The van der Waals surface area contributed by atoms with Crippen LogP contribution in [0.25, 0.3) is 0 Å². The molecule has 0 aromatic carbocycles. The summed E-state index contributed by atoms with van der Waals surface area (Å²) < 4.78 is 5.03. The van der Waals surface area contributed by atoms with Crippen LogP contribution in [0.3, 0.4) is 0 Å². The number of aromatic nitrogens is 1. The second kappa shape index (κ2) is 13.3. The molecule has 0 saturated carbocycles. The summed E-state index contributed by atoms with van der Waals surface area (Å²) >= 11 is 1.75. The molecule has 0 atom stereocenters. The van der Waals surface area contributed by atoms with Gasteiger partial charge in [0.15, 0.2) is 5.96 Å². The number of thiazole rings is 1. The van der Waals surface area contributed by atoms with E-state index in [0.29, 0.717) is 0 Å². The number of hydrogen-bond donors (Lipinski definition) is 2. The first-order valence-corrected chi connectivity index (χ1v) is 7.98. The molecule has 122 valence electrons. The van der Waals surface area contributed by atoms with E-state index in [1.807, 2.05) is 6.20 Å². The number of guanidine groups is 1. The molecule has 0 fully saturated rings. The summed E-state index contributed by atoms with van der Waals surface area (Å²) in [7, 11) is 3.53. The average molecular weight is 426 g/mol. The molecule has 0 amide bonds. The second-order valence-electron chi connectivity index (χ2n) is 4.48.